The van der Waals surface area contributed by atoms with E-state index in [0.717, 1.165) is 19.6 Å². The van der Waals surface area contributed by atoms with E-state index in [1.54, 1.807) is 31.2 Å². The highest BCUT2D eigenvalue weighted by molar-refractivity contribution is 6.33. The summed E-state index contributed by atoms with van der Waals surface area (Å²) in [5.41, 5.74) is 2.99. The number of halogens is 1. The van der Waals surface area contributed by atoms with Gasteiger partial charge in [0.15, 0.2) is 0 Å². The van der Waals surface area contributed by atoms with Crippen LogP contribution in [0.5, 0.6) is 0 Å². The van der Waals surface area contributed by atoms with Gasteiger partial charge in [0.1, 0.15) is 6.04 Å². The Bertz CT molecular complexity index is 847. The Morgan fingerprint density at radius 3 is 2.36 bits per heavy atom. The normalized spacial score (nSPS) is 15.9. The van der Waals surface area contributed by atoms with Crippen LogP contribution in [0.25, 0.3) is 0 Å². The molecular formula is C22H26ClN3O2. The fourth-order valence-corrected chi connectivity index (χ4v) is 3.63. The summed E-state index contributed by atoms with van der Waals surface area (Å²) in [4.78, 5) is 29.3. The van der Waals surface area contributed by atoms with Crippen molar-refractivity contribution in [2.45, 2.75) is 26.4 Å². The predicted molar refractivity (Wildman–Crippen MR) is 111 cm³/mol. The van der Waals surface area contributed by atoms with E-state index in [4.69, 9.17) is 11.6 Å². The van der Waals surface area contributed by atoms with Crippen LogP contribution in [0.1, 0.15) is 28.4 Å². The van der Waals surface area contributed by atoms with E-state index < -0.39 is 6.04 Å². The summed E-state index contributed by atoms with van der Waals surface area (Å²) < 4.78 is 0. The number of amides is 2. The molecule has 0 bridgehead atoms. The lowest BCUT2D eigenvalue weighted by Crippen LogP contribution is -2.54. The Morgan fingerprint density at radius 1 is 1.04 bits per heavy atom. The molecular weight excluding hydrogens is 374 g/mol. The average Bonchev–Trinajstić information content (AvgIpc) is 2.70. The molecule has 1 saturated heterocycles. The number of piperazine rings is 1. The quantitative estimate of drug-likeness (QED) is 0.840. The van der Waals surface area contributed by atoms with Crippen molar-refractivity contribution in [1.82, 2.24) is 15.1 Å². The Morgan fingerprint density at radius 2 is 1.68 bits per heavy atom. The van der Waals surface area contributed by atoms with Crippen LogP contribution in [-0.2, 0) is 11.3 Å². The molecule has 1 aliphatic rings. The van der Waals surface area contributed by atoms with E-state index in [2.05, 4.69) is 35.3 Å². The van der Waals surface area contributed by atoms with Crippen LogP contribution < -0.4 is 5.32 Å². The fourth-order valence-electron chi connectivity index (χ4n) is 3.41. The van der Waals surface area contributed by atoms with Crippen molar-refractivity contribution in [1.29, 1.82) is 0 Å². The van der Waals surface area contributed by atoms with Crippen molar-refractivity contribution in [3.8, 4) is 0 Å². The van der Waals surface area contributed by atoms with Gasteiger partial charge in [-0.15, -0.1) is 0 Å². The smallest absolute Gasteiger partial charge is 0.253 e. The van der Waals surface area contributed by atoms with Crippen LogP contribution in [0.15, 0.2) is 48.5 Å². The van der Waals surface area contributed by atoms with Gasteiger partial charge in [-0.2, -0.15) is 0 Å². The van der Waals surface area contributed by atoms with Gasteiger partial charge in [0.05, 0.1) is 10.6 Å². The molecule has 0 spiro atoms. The Hall–Kier alpha value is -2.37. The first-order chi connectivity index (χ1) is 13.5. The monoisotopic (exact) mass is 399 g/mol. The largest absolute Gasteiger partial charge is 0.340 e. The van der Waals surface area contributed by atoms with E-state index in [1.165, 1.54) is 11.1 Å². The first-order valence-corrected chi connectivity index (χ1v) is 9.94. The lowest BCUT2D eigenvalue weighted by atomic mass is 10.1. The van der Waals surface area contributed by atoms with Gasteiger partial charge < -0.3 is 10.2 Å². The summed E-state index contributed by atoms with van der Waals surface area (Å²) in [6, 6.07) is 14.6. The summed E-state index contributed by atoms with van der Waals surface area (Å²) in [6.45, 7) is 7.72. The zero-order chi connectivity index (χ0) is 20.1. The Balaban J connectivity index is 1.51. The predicted octanol–water partition coefficient (Wildman–Crippen LogP) is 3.11. The van der Waals surface area contributed by atoms with Gasteiger partial charge in [-0.25, -0.2) is 0 Å². The van der Waals surface area contributed by atoms with Gasteiger partial charge in [0.2, 0.25) is 5.91 Å². The molecule has 0 aromatic heterocycles. The maximum Gasteiger partial charge on any atom is 0.253 e. The molecule has 2 aromatic rings. The second-order valence-electron chi connectivity index (χ2n) is 7.20. The molecule has 148 valence electrons. The lowest BCUT2D eigenvalue weighted by Gasteiger charge is -2.36. The average molecular weight is 400 g/mol. The van der Waals surface area contributed by atoms with Gasteiger partial charge >= 0.3 is 0 Å². The first kappa shape index (κ1) is 20.4. The molecule has 0 saturated carbocycles. The minimum Gasteiger partial charge on any atom is -0.340 e. The van der Waals surface area contributed by atoms with Gasteiger partial charge in [-0.3, -0.25) is 14.5 Å². The third-order valence-electron chi connectivity index (χ3n) is 5.18. The molecule has 28 heavy (non-hydrogen) atoms. The first-order valence-electron chi connectivity index (χ1n) is 9.56. The van der Waals surface area contributed by atoms with E-state index in [1.807, 2.05) is 11.0 Å². The molecule has 2 aromatic carbocycles. The molecule has 1 N–H and O–H groups in total. The van der Waals surface area contributed by atoms with Crippen molar-refractivity contribution in [3.63, 3.8) is 0 Å². The fraction of sp³-hybridized carbons (Fsp3) is 0.364. The van der Waals surface area contributed by atoms with Gasteiger partial charge in [0, 0.05) is 32.7 Å². The van der Waals surface area contributed by atoms with Crippen LogP contribution in [0.3, 0.4) is 0 Å². The standard InChI is InChI=1S/C22H26ClN3O2/c1-16-7-3-4-8-18(16)15-25-11-13-26(14-12-25)22(28)17(2)24-21(27)19-9-5-6-10-20(19)23/h3-10,17H,11-15H2,1-2H3,(H,24,27)/t17-/m0/s1. The molecule has 2 amide bonds. The second-order valence-corrected chi connectivity index (χ2v) is 7.61. The summed E-state index contributed by atoms with van der Waals surface area (Å²) in [7, 11) is 0. The van der Waals surface area contributed by atoms with Crippen LogP contribution in [0, 0.1) is 6.92 Å². The number of hydrogen-bond donors (Lipinski definition) is 1. The number of carbonyl (C=O) groups excluding carboxylic acids is 2. The second kappa shape index (κ2) is 9.22. The van der Waals surface area contributed by atoms with E-state index >= 15 is 0 Å². The van der Waals surface area contributed by atoms with Gasteiger partial charge in [-0.05, 0) is 37.1 Å². The molecule has 1 aliphatic heterocycles. The highest BCUT2D eigenvalue weighted by Gasteiger charge is 2.26. The number of nitrogens with zero attached hydrogens (tertiary/aromatic N) is 2. The van der Waals surface area contributed by atoms with Gasteiger partial charge in [-0.1, -0.05) is 48.0 Å². The van der Waals surface area contributed by atoms with Crippen molar-refractivity contribution in [2.24, 2.45) is 0 Å². The highest BCUT2D eigenvalue weighted by atomic mass is 35.5. The summed E-state index contributed by atoms with van der Waals surface area (Å²) in [6.07, 6.45) is 0. The number of aryl methyl sites for hydroxylation is 1. The number of rotatable bonds is 5. The minimum atomic E-state index is -0.591. The van der Waals surface area contributed by atoms with Crippen molar-refractivity contribution >= 4 is 23.4 Å². The molecule has 0 aliphatic carbocycles. The lowest BCUT2D eigenvalue weighted by molar-refractivity contribution is -0.134. The van der Waals surface area contributed by atoms with Crippen LogP contribution in [0.2, 0.25) is 5.02 Å². The third kappa shape index (κ3) is 4.91. The molecule has 0 unspecified atom stereocenters. The SMILES string of the molecule is Cc1ccccc1CN1CCN(C(=O)[C@H](C)NC(=O)c2ccccc2Cl)CC1. The van der Waals surface area contributed by atoms with Crippen molar-refractivity contribution in [2.75, 3.05) is 26.2 Å². The summed E-state index contributed by atoms with van der Waals surface area (Å²) in [5, 5.41) is 3.14. The molecule has 1 heterocycles. The topological polar surface area (TPSA) is 52.6 Å². The maximum atomic E-state index is 12.7. The molecule has 1 atom stereocenters. The van der Waals surface area contributed by atoms with Crippen molar-refractivity contribution in [3.05, 3.63) is 70.2 Å². The van der Waals surface area contributed by atoms with E-state index in [9.17, 15) is 9.59 Å². The van der Waals surface area contributed by atoms with Crippen molar-refractivity contribution < 1.29 is 9.59 Å². The molecule has 6 heteroatoms. The maximum absolute atomic E-state index is 12.7. The minimum absolute atomic E-state index is 0.0593. The molecule has 0 radical (unpaired) electrons. The Labute approximate surface area is 171 Å². The Kier molecular flexibility index (Phi) is 6.70. The number of benzene rings is 2. The highest BCUT2D eigenvalue weighted by Crippen LogP contribution is 2.16. The van der Waals surface area contributed by atoms with E-state index in [-0.39, 0.29) is 11.8 Å². The van der Waals surface area contributed by atoms with Crippen LogP contribution in [-0.4, -0.2) is 53.8 Å². The molecule has 1 fully saturated rings. The summed E-state index contributed by atoms with van der Waals surface area (Å²) in [5.74, 6) is -0.388. The van der Waals surface area contributed by atoms with E-state index in [0.29, 0.717) is 23.7 Å². The number of nitrogens with one attached hydrogen (secondary N) is 1. The molecule has 5 nitrogen and oxygen atoms in total. The zero-order valence-electron chi connectivity index (χ0n) is 16.3. The zero-order valence-corrected chi connectivity index (χ0v) is 17.1. The van der Waals surface area contributed by atoms with Gasteiger partial charge in [0.25, 0.3) is 5.91 Å². The number of carbonyl (C=O) groups is 2. The number of hydrogen-bond acceptors (Lipinski definition) is 3. The van der Waals surface area contributed by atoms with Crippen LogP contribution >= 0.6 is 11.6 Å². The van der Waals surface area contributed by atoms with Crippen LogP contribution in [0.4, 0.5) is 0 Å². The summed E-state index contributed by atoms with van der Waals surface area (Å²) >= 11 is 6.06. The third-order valence-corrected chi connectivity index (χ3v) is 5.51. The molecule has 3 rings (SSSR count).